The van der Waals surface area contributed by atoms with Gasteiger partial charge in [0.15, 0.2) is 9.84 Å². The summed E-state index contributed by atoms with van der Waals surface area (Å²) in [5.74, 6) is 2.62. The minimum Gasteiger partial charge on any atom is -0.465 e. The van der Waals surface area contributed by atoms with E-state index in [9.17, 15) is 13.2 Å². The first-order valence-corrected chi connectivity index (χ1v) is 21.4. The summed E-state index contributed by atoms with van der Waals surface area (Å²) in [6.45, 7) is 19.2. The molecule has 0 radical (unpaired) electrons. The van der Waals surface area contributed by atoms with Gasteiger partial charge in [0.05, 0.1) is 24.2 Å². The highest BCUT2D eigenvalue weighted by Gasteiger charge is 2.70. The number of benzene rings is 1. The van der Waals surface area contributed by atoms with Gasteiger partial charge in [-0.2, -0.15) is 0 Å². The lowest BCUT2D eigenvalue weighted by atomic mass is 9.33. The topological polar surface area (TPSA) is 114 Å². The molecule has 0 amide bonds. The highest BCUT2D eigenvalue weighted by Crippen LogP contribution is 2.75. The number of carbonyl (C=O) groups is 1. The maximum Gasteiger partial charge on any atom is 0.337 e. The molecule has 3 saturated carbocycles. The maximum absolute atomic E-state index is 12.1. The normalized spacial score (nSPS) is 42.6. The summed E-state index contributed by atoms with van der Waals surface area (Å²) in [4.78, 5) is 14.5. The molecule has 2 saturated heterocycles. The summed E-state index contributed by atoms with van der Waals surface area (Å²) in [5, 5.41) is 8.09. The number of hydrogen-bond acceptors (Lipinski definition) is 8. The first-order valence-electron chi connectivity index (χ1n) is 19.6. The van der Waals surface area contributed by atoms with Crippen LogP contribution in [-0.4, -0.2) is 88.2 Å². The molecular formula is C41H64N4O4S. The molecule has 0 spiro atoms. The molecule has 5 fully saturated rings. The fourth-order valence-electron chi connectivity index (χ4n) is 13.5. The highest BCUT2D eigenvalue weighted by atomic mass is 32.2. The van der Waals surface area contributed by atoms with Crippen molar-refractivity contribution in [1.29, 1.82) is 0 Å². The number of nitrogens with one attached hydrogen (secondary N) is 2. The quantitative estimate of drug-likeness (QED) is 0.317. The van der Waals surface area contributed by atoms with Crippen molar-refractivity contribution in [2.24, 2.45) is 51.1 Å². The van der Waals surface area contributed by atoms with Crippen molar-refractivity contribution in [2.45, 2.75) is 104 Å². The van der Waals surface area contributed by atoms with Crippen LogP contribution in [0, 0.1) is 45.3 Å². The first kappa shape index (κ1) is 36.6. The number of sulfone groups is 1. The van der Waals surface area contributed by atoms with E-state index in [2.05, 4.69) is 75.3 Å². The van der Waals surface area contributed by atoms with Crippen LogP contribution >= 0.6 is 0 Å². The molecule has 0 bridgehead atoms. The lowest BCUT2D eigenvalue weighted by molar-refractivity contribution is -0.217. The Bertz CT molecular complexity index is 1590. The molecule has 4 aliphatic carbocycles. The zero-order valence-electron chi connectivity index (χ0n) is 31.8. The van der Waals surface area contributed by atoms with Crippen LogP contribution in [0.25, 0.3) is 5.57 Å². The Morgan fingerprint density at radius 1 is 1.00 bits per heavy atom. The van der Waals surface area contributed by atoms with E-state index in [4.69, 9.17) is 10.5 Å². The average Bonchev–Trinajstić information content (AvgIpc) is 3.45. The second-order valence-electron chi connectivity index (χ2n) is 18.6. The fraction of sp³-hybridized carbons (Fsp3) is 0.780. The lowest BCUT2D eigenvalue weighted by Crippen LogP contribution is -2.69. The van der Waals surface area contributed by atoms with Gasteiger partial charge in [0.1, 0.15) is 0 Å². The third kappa shape index (κ3) is 5.57. The van der Waals surface area contributed by atoms with Crippen LogP contribution in [0.3, 0.4) is 0 Å². The fourth-order valence-corrected chi connectivity index (χ4v) is 14.8. The largest absolute Gasteiger partial charge is 0.465 e. The van der Waals surface area contributed by atoms with E-state index in [-0.39, 0.29) is 50.7 Å². The average molecular weight is 709 g/mol. The third-order valence-corrected chi connectivity index (χ3v) is 17.9. The number of nitrogens with two attached hydrogens (primary N) is 1. The van der Waals surface area contributed by atoms with E-state index in [1.807, 2.05) is 12.1 Å². The van der Waals surface area contributed by atoms with E-state index < -0.39 is 9.84 Å². The molecule has 4 N–H and O–H groups in total. The number of rotatable bonds is 7. The molecule has 6 aliphatic rings. The van der Waals surface area contributed by atoms with E-state index in [1.165, 1.54) is 50.4 Å². The van der Waals surface area contributed by atoms with Crippen LogP contribution < -0.4 is 16.4 Å². The Labute approximate surface area is 302 Å². The summed E-state index contributed by atoms with van der Waals surface area (Å²) in [6, 6.07) is 8.44. The minimum atomic E-state index is -2.87. The molecule has 0 aromatic heterocycles. The predicted molar refractivity (Wildman–Crippen MR) is 201 cm³/mol. The Kier molecular flexibility index (Phi) is 9.27. The SMILES string of the molecule is COC(=O)c1ccc(C2=CCC3(C)C(CCC4(C)C3CCC3C5C(C(C)N)NCC5(NCCN5CCS(=O)(=O)CC5)CCC34C)C2(C)C)cc1. The summed E-state index contributed by atoms with van der Waals surface area (Å²) in [7, 11) is -1.43. The summed E-state index contributed by atoms with van der Waals surface area (Å²) >= 11 is 0. The highest BCUT2D eigenvalue weighted by molar-refractivity contribution is 7.91. The molecule has 278 valence electrons. The molecule has 2 aliphatic heterocycles. The summed E-state index contributed by atoms with van der Waals surface area (Å²) in [5.41, 5.74) is 10.8. The maximum atomic E-state index is 12.1. The molecule has 10 unspecified atom stereocenters. The van der Waals surface area contributed by atoms with E-state index >= 15 is 0 Å². The number of nitrogens with zero attached hydrogens (tertiary/aromatic N) is 1. The van der Waals surface area contributed by atoms with Crippen molar-refractivity contribution in [3.8, 4) is 0 Å². The summed E-state index contributed by atoms with van der Waals surface area (Å²) < 4.78 is 29.0. The van der Waals surface area contributed by atoms with Gasteiger partial charge in [0, 0.05) is 50.3 Å². The van der Waals surface area contributed by atoms with Crippen LogP contribution in [-0.2, 0) is 14.6 Å². The lowest BCUT2D eigenvalue weighted by Gasteiger charge is -2.72. The van der Waals surface area contributed by atoms with Crippen molar-refractivity contribution in [1.82, 2.24) is 15.5 Å². The van der Waals surface area contributed by atoms with Gasteiger partial charge in [-0.15, -0.1) is 0 Å². The van der Waals surface area contributed by atoms with Gasteiger partial charge in [-0.1, -0.05) is 52.8 Å². The molecular weight excluding hydrogens is 645 g/mol. The second kappa shape index (κ2) is 12.7. The van der Waals surface area contributed by atoms with Gasteiger partial charge in [0.2, 0.25) is 0 Å². The number of allylic oxidation sites excluding steroid dienone is 2. The second-order valence-corrected chi connectivity index (χ2v) is 21.0. The number of methoxy groups -OCH3 is 1. The standard InChI is InChI=1S/C41H64N4O4S/c1-27(42)35-34-31-12-13-33-38(4)16-14-30(28-8-10-29(11-9-28)36(46)49-7)37(2,3)32(38)15-17-40(33,6)39(31,5)18-19-41(34,26-43-35)44-20-21-45-22-24-50(47,48)25-23-45/h8-11,14,27,31-35,43-44H,12-13,15-26,42H2,1-7H3. The van der Waals surface area contributed by atoms with Crippen molar-refractivity contribution in [3.05, 3.63) is 41.5 Å². The number of hydrogen-bond donors (Lipinski definition) is 3. The number of fused-ring (bicyclic) bond motifs is 7. The van der Waals surface area contributed by atoms with Gasteiger partial charge in [-0.25, -0.2) is 13.2 Å². The number of ether oxygens (including phenoxy) is 1. The number of esters is 1. The molecule has 1 aromatic carbocycles. The van der Waals surface area contributed by atoms with Crippen LogP contribution in [0.15, 0.2) is 30.3 Å². The molecule has 50 heavy (non-hydrogen) atoms. The van der Waals surface area contributed by atoms with Crippen LogP contribution in [0.4, 0.5) is 0 Å². The van der Waals surface area contributed by atoms with Gasteiger partial charge < -0.3 is 26.0 Å². The monoisotopic (exact) mass is 708 g/mol. The first-order chi connectivity index (χ1) is 23.5. The minimum absolute atomic E-state index is 0.0263. The van der Waals surface area contributed by atoms with Crippen molar-refractivity contribution in [3.63, 3.8) is 0 Å². The molecule has 7 rings (SSSR count). The van der Waals surface area contributed by atoms with Gasteiger partial charge in [0.25, 0.3) is 0 Å². The summed E-state index contributed by atoms with van der Waals surface area (Å²) in [6.07, 6.45) is 11.1. The molecule has 10 atom stereocenters. The van der Waals surface area contributed by atoms with Crippen LogP contribution in [0.1, 0.15) is 102 Å². The molecule has 8 nitrogen and oxygen atoms in total. The zero-order chi connectivity index (χ0) is 35.9. The third-order valence-electron chi connectivity index (χ3n) is 16.2. The van der Waals surface area contributed by atoms with Gasteiger partial charge in [-0.05, 0) is 120 Å². The predicted octanol–water partition coefficient (Wildman–Crippen LogP) is 5.53. The van der Waals surface area contributed by atoms with E-state index in [1.54, 1.807) is 0 Å². The van der Waals surface area contributed by atoms with Crippen LogP contribution in [0.5, 0.6) is 0 Å². The molecule has 9 heteroatoms. The molecule has 2 heterocycles. The smallest absolute Gasteiger partial charge is 0.337 e. The molecule has 1 aromatic rings. The van der Waals surface area contributed by atoms with Crippen LogP contribution in [0.2, 0.25) is 0 Å². The Morgan fingerprint density at radius 2 is 1.70 bits per heavy atom. The van der Waals surface area contributed by atoms with E-state index in [0.29, 0.717) is 48.4 Å². The van der Waals surface area contributed by atoms with Crippen molar-refractivity contribution >= 4 is 21.4 Å². The number of carbonyl (C=O) groups excluding carboxylic acids is 1. The van der Waals surface area contributed by atoms with Crippen molar-refractivity contribution in [2.75, 3.05) is 51.3 Å². The van der Waals surface area contributed by atoms with E-state index in [0.717, 1.165) is 32.5 Å². The zero-order valence-corrected chi connectivity index (χ0v) is 32.6. The van der Waals surface area contributed by atoms with Gasteiger partial charge >= 0.3 is 5.97 Å². The Morgan fingerprint density at radius 3 is 2.36 bits per heavy atom. The Hall–Kier alpha value is -1.78. The van der Waals surface area contributed by atoms with Crippen molar-refractivity contribution < 1.29 is 17.9 Å². The van der Waals surface area contributed by atoms with Gasteiger partial charge in [-0.3, -0.25) is 0 Å². The Balaban J connectivity index is 1.14.